The predicted octanol–water partition coefficient (Wildman–Crippen LogP) is 1.44. The minimum absolute atomic E-state index is 0.773. The Labute approximate surface area is 67.1 Å². The number of benzene rings is 1. The lowest BCUT2D eigenvalue weighted by Gasteiger charge is -2.07. The van der Waals surface area contributed by atoms with Gasteiger partial charge in [-0.05, 0) is 23.4 Å². The van der Waals surface area contributed by atoms with Crippen molar-refractivity contribution in [3.05, 3.63) is 24.3 Å². The molecule has 0 radical (unpaired) electrons. The van der Waals surface area contributed by atoms with Gasteiger partial charge in [-0.15, -0.1) is 9.63 Å². The van der Waals surface area contributed by atoms with Crippen molar-refractivity contribution in [3.63, 3.8) is 0 Å². The molecule has 0 saturated heterocycles. The lowest BCUT2D eigenvalue weighted by molar-refractivity contribution is 1.10. The van der Waals surface area contributed by atoms with Gasteiger partial charge in [-0.3, -0.25) is 5.84 Å². The highest BCUT2D eigenvalue weighted by Crippen LogP contribution is 2.45. The van der Waals surface area contributed by atoms with Crippen molar-refractivity contribution >= 4 is 17.0 Å². The number of nitrogens with one attached hydrogen (secondary N) is 1. The van der Waals surface area contributed by atoms with Gasteiger partial charge < -0.3 is 0 Å². The summed E-state index contributed by atoms with van der Waals surface area (Å²) >= 11 is -0.773. The average molecular weight is 168 g/mol. The molecular formula is C6H8N4S. The number of hydrogen-bond acceptors (Lipinski definition) is 4. The van der Waals surface area contributed by atoms with Crippen LogP contribution in [0.5, 0.6) is 0 Å². The first-order valence-electron chi connectivity index (χ1n) is 3.19. The van der Waals surface area contributed by atoms with Crippen LogP contribution in [0.2, 0.25) is 0 Å². The van der Waals surface area contributed by atoms with E-state index in [0.717, 1.165) is 10.6 Å². The quantitative estimate of drug-likeness (QED) is 0.337. The Kier molecular flexibility index (Phi) is 1.61. The topological polar surface area (TPSA) is 62.8 Å². The number of fused-ring (bicyclic) bond motifs is 1. The lowest BCUT2D eigenvalue weighted by Crippen LogP contribution is -2.15. The van der Waals surface area contributed by atoms with Crippen LogP contribution in [-0.2, 0) is 0 Å². The van der Waals surface area contributed by atoms with Crippen molar-refractivity contribution in [1.82, 2.24) is 4.83 Å². The molecule has 0 aliphatic carbocycles. The van der Waals surface area contributed by atoms with E-state index in [-0.39, 0.29) is 0 Å². The molecule has 0 spiro atoms. The fraction of sp³-hybridized carbons (Fsp3) is 0. The maximum absolute atomic E-state index is 5.27. The second-order valence-electron chi connectivity index (χ2n) is 2.12. The fourth-order valence-corrected chi connectivity index (χ4v) is 2.00. The molecule has 11 heavy (non-hydrogen) atoms. The second kappa shape index (κ2) is 2.61. The van der Waals surface area contributed by atoms with Gasteiger partial charge in [-0.25, -0.2) is 4.83 Å². The molecule has 1 aromatic carbocycles. The Bertz CT molecular complexity index is 298. The molecule has 0 amide bonds. The van der Waals surface area contributed by atoms with Crippen molar-refractivity contribution in [3.8, 4) is 0 Å². The minimum Gasteiger partial charge on any atom is -0.261 e. The summed E-state index contributed by atoms with van der Waals surface area (Å²) in [5.41, 5.74) is 0.927. The van der Waals surface area contributed by atoms with Crippen LogP contribution in [0, 0.1) is 0 Å². The van der Waals surface area contributed by atoms with E-state index in [0.29, 0.717) is 0 Å². The van der Waals surface area contributed by atoms with E-state index < -0.39 is 11.3 Å². The van der Waals surface area contributed by atoms with E-state index in [1.54, 1.807) is 0 Å². The summed E-state index contributed by atoms with van der Waals surface area (Å²) < 4.78 is 3.98. The number of hydrogen-bond donors (Lipinski definition) is 3. The summed E-state index contributed by atoms with van der Waals surface area (Å²) in [7, 11) is 0. The summed E-state index contributed by atoms with van der Waals surface area (Å²) in [6.45, 7) is 0. The van der Waals surface area contributed by atoms with E-state index in [1.165, 1.54) is 0 Å². The van der Waals surface area contributed by atoms with Crippen LogP contribution < -0.4 is 10.7 Å². The second-order valence-corrected chi connectivity index (χ2v) is 3.66. The van der Waals surface area contributed by atoms with Gasteiger partial charge in [-0.1, -0.05) is 12.1 Å². The van der Waals surface area contributed by atoms with Crippen LogP contribution in [0.1, 0.15) is 0 Å². The Morgan fingerprint density at radius 1 is 1.36 bits per heavy atom. The standard InChI is InChI=1S/C6H8N4S/c7-9-11-6-4-2-1-3-5(6)8-10-11/h1-4,9,11H,7H2. The Hall–Kier alpha value is -0.910. The molecule has 2 rings (SSSR count). The summed E-state index contributed by atoms with van der Waals surface area (Å²) in [5, 5.41) is 3.96. The highest BCUT2D eigenvalue weighted by Gasteiger charge is 2.13. The summed E-state index contributed by atoms with van der Waals surface area (Å²) in [5.74, 6) is 5.27. The van der Waals surface area contributed by atoms with Crippen LogP contribution in [0.25, 0.3) is 0 Å². The van der Waals surface area contributed by atoms with Gasteiger partial charge in [0, 0.05) is 4.90 Å². The molecule has 5 heteroatoms. The Balaban J connectivity index is 2.46. The smallest absolute Gasteiger partial charge is 0.101 e. The van der Waals surface area contributed by atoms with Gasteiger partial charge in [0.15, 0.2) is 0 Å². The van der Waals surface area contributed by atoms with E-state index in [2.05, 4.69) is 14.5 Å². The third-order valence-corrected chi connectivity index (χ3v) is 2.82. The molecule has 3 N–H and O–H groups in total. The minimum atomic E-state index is -0.773. The van der Waals surface area contributed by atoms with Crippen molar-refractivity contribution in [2.24, 2.45) is 15.5 Å². The zero-order valence-corrected chi connectivity index (χ0v) is 6.62. The van der Waals surface area contributed by atoms with Crippen LogP contribution in [0.3, 0.4) is 0 Å². The summed E-state index contributed by atoms with van der Waals surface area (Å²) in [4.78, 5) is 3.73. The number of thiol groups is 1. The average Bonchev–Trinajstić information content (AvgIpc) is 2.47. The van der Waals surface area contributed by atoms with Crippen LogP contribution >= 0.6 is 11.3 Å². The summed E-state index contributed by atoms with van der Waals surface area (Å²) in [6.07, 6.45) is 0. The van der Waals surface area contributed by atoms with Gasteiger partial charge >= 0.3 is 0 Å². The lowest BCUT2D eigenvalue weighted by atomic mass is 10.3. The molecule has 1 aliphatic heterocycles. The number of rotatable bonds is 1. The molecule has 1 atom stereocenters. The molecule has 1 heterocycles. The third kappa shape index (κ3) is 1.03. The monoisotopic (exact) mass is 168 g/mol. The molecule has 58 valence electrons. The van der Waals surface area contributed by atoms with Crippen molar-refractivity contribution in [1.29, 1.82) is 0 Å². The highest BCUT2D eigenvalue weighted by atomic mass is 32.2. The molecule has 1 aromatic rings. The Morgan fingerprint density at radius 2 is 2.18 bits per heavy atom. The number of nitrogens with zero attached hydrogens (tertiary/aromatic N) is 2. The fourth-order valence-electron chi connectivity index (χ4n) is 0.964. The van der Waals surface area contributed by atoms with Crippen LogP contribution in [0.15, 0.2) is 38.8 Å². The van der Waals surface area contributed by atoms with Gasteiger partial charge in [0.2, 0.25) is 0 Å². The molecule has 0 bridgehead atoms. The highest BCUT2D eigenvalue weighted by molar-refractivity contribution is 8.14. The molecule has 0 aromatic heterocycles. The van der Waals surface area contributed by atoms with E-state index in [9.17, 15) is 0 Å². The molecule has 0 saturated carbocycles. The van der Waals surface area contributed by atoms with E-state index in [1.807, 2.05) is 24.3 Å². The zero-order valence-electron chi connectivity index (χ0n) is 5.73. The van der Waals surface area contributed by atoms with Crippen LogP contribution in [-0.4, -0.2) is 0 Å². The molecular weight excluding hydrogens is 160 g/mol. The Morgan fingerprint density at radius 3 is 3.00 bits per heavy atom. The van der Waals surface area contributed by atoms with Gasteiger partial charge in [0.1, 0.15) is 5.69 Å². The zero-order chi connectivity index (χ0) is 7.68. The van der Waals surface area contributed by atoms with Gasteiger partial charge in [0.25, 0.3) is 0 Å². The van der Waals surface area contributed by atoms with Crippen molar-refractivity contribution in [2.75, 3.05) is 0 Å². The van der Waals surface area contributed by atoms with Crippen molar-refractivity contribution in [2.45, 2.75) is 4.90 Å². The molecule has 4 nitrogen and oxygen atoms in total. The molecule has 0 fully saturated rings. The van der Waals surface area contributed by atoms with Crippen LogP contribution in [0.4, 0.5) is 5.69 Å². The maximum Gasteiger partial charge on any atom is 0.101 e. The first-order chi connectivity index (χ1) is 5.42. The SMILES string of the molecule is NN[SH]1N=Nc2ccccc21. The molecule has 1 unspecified atom stereocenters. The van der Waals surface area contributed by atoms with Gasteiger partial charge in [-0.2, -0.15) is 0 Å². The van der Waals surface area contributed by atoms with E-state index >= 15 is 0 Å². The van der Waals surface area contributed by atoms with Gasteiger partial charge in [0.05, 0.1) is 0 Å². The predicted molar refractivity (Wildman–Crippen MR) is 45.5 cm³/mol. The maximum atomic E-state index is 5.27. The largest absolute Gasteiger partial charge is 0.261 e. The molecule has 1 aliphatic rings. The number of nitrogens with two attached hydrogens (primary N) is 1. The van der Waals surface area contributed by atoms with E-state index in [4.69, 9.17) is 5.84 Å². The third-order valence-electron chi connectivity index (χ3n) is 1.47. The number of hydrazine groups is 1. The summed E-state index contributed by atoms with van der Waals surface area (Å²) in [6, 6.07) is 7.81. The van der Waals surface area contributed by atoms with Crippen molar-refractivity contribution < 1.29 is 0 Å². The first-order valence-corrected chi connectivity index (χ1v) is 4.48. The normalized spacial score (nSPS) is 23.5. The first kappa shape index (κ1) is 6.78.